The third kappa shape index (κ3) is 1.88. The molecule has 0 amide bonds. The number of fused-ring (bicyclic) bond motifs is 1. The Balaban J connectivity index is 2.00. The number of aromatic nitrogens is 2. The average Bonchev–Trinajstić information content (AvgIpc) is 2.94. The van der Waals surface area contributed by atoms with Gasteiger partial charge in [-0.3, -0.25) is 0 Å². The fourth-order valence-electron chi connectivity index (χ4n) is 2.37. The monoisotopic (exact) mass is 257 g/mol. The molecule has 1 aromatic carbocycles. The molecule has 0 fully saturated rings. The van der Waals surface area contributed by atoms with Crippen molar-refractivity contribution in [1.29, 1.82) is 0 Å². The molecule has 0 aliphatic heterocycles. The number of hydrogen-bond donors (Lipinski definition) is 1. The second-order valence-electron chi connectivity index (χ2n) is 4.51. The Morgan fingerprint density at radius 1 is 1.33 bits per heavy atom. The molecule has 3 nitrogen and oxygen atoms in total. The highest BCUT2D eigenvalue weighted by atomic mass is 32.1. The molecular weight excluding hydrogens is 242 g/mol. The number of nitrogens with zero attached hydrogens (tertiary/aromatic N) is 2. The molecule has 1 unspecified atom stereocenters. The van der Waals surface area contributed by atoms with Gasteiger partial charge in [-0.2, -0.15) is 11.3 Å². The third-order valence-corrected chi connectivity index (χ3v) is 3.91. The molecule has 0 aliphatic rings. The summed E-state index contributed by atoms with van der Waals surface area (Å²) in [5.74, 6) is 0.596. The highest BCUT2D eigenvalue weighted by Gasteiger charge is 2.14. The normalized spacial score (nSPS) is 12.9. The van der Waals surface area contributed by atoms with E-state index < -0.39 is 0 Å². The molecule has 2 heterocycles. The summed E-state index contributed by atoms with van der Waals surface area (Å²) in [5, 5.41) is 4.29. The number of imidazole rings is 1. The van der Waals surface area contributed by atoms with E-state index in [0.29, 0.717) is 12.0 Å². The van der Waals surface area contributed by atoms with Crippen LogP contribution < -0.4 is 5.73 Å². The van der Waals surface area contributed by atoms with Crippen molar-refractivity contribution in [3.63, 3.8) is 0 Å². The van der Waals surface area contributed by atoms with Gasteiger partial charge in [0, 0.05) is 6.04 Å². The molecule has 0 saturated carbocycles. The zero-order chi connectivity index (χ0) is 12.5. The zero-order valence-corrected chi connectivity index (χ0v) is 11.0. The number of nitrogen functional groups attached to an aromatic ring is 1. The summed E-state index contributed by atoms with van der Waals surface area (Å²) >= 11 is 1.73. The van der Waals surface area contributed by atoms with Crippen molar-refractivity contribution in [1.82, 2.24) is 9.55 Å². The molecule has 4 heteroatoms. The molecule has 0 radical (unpaired) electrons. The van der Waals surface area contributed by atoms with E-state index in [-0.39, 0.29) is 0 Å². The van der Waals surface area contributed by atoms with Crippen LogP contribution in [0.2, 0.25) is 0 Å². The Kier molecular flexibility index (Phi) is 2.80. The Morgan fingerprint density at radius 3 is 2.94 bits per heavy atom. The van der Waals surface area contributed by atoms with E-state index in [4.69, 9.17) is 5.73 Å². The molecule has 18 heavy (non-hydrogen) atoms. The van der Waals surface area contributed by atoms with Crippen LogP contribution in [-0.4, -0.2) is 9.55 Å². The van der Waals surface area contributed by atoms with Crippen molar-refractivity contribution in [2.75, 3.05) is 5.73 Å². The van der Waals surface area contributed by atoms with E-state index in [1.807, 2.05) is 18.2 Å². The minimum atomic E-state index is 0.312. The van der Waals surface area contributed by atoms with Gasteiger partial charge in [-0.15, -0.1) is 0 Å². The fraction of sp³-hybridized carbons (Fsp3) is 0.214. The highest BCUT2D eigenvalue weighted by molar-refractivity contribution is 7.07. The number of rotatable bonds is 3. The third-order valence-electron chi connectivity index (χ3n) is 3.18. The molecule has 3 aromatic rings. The maximum atomic E-state index is 6.04. The fourth-order valence-corrected chi connectivity index (χ4v) is 3.05. The van der Waals surface area contributed by atoms with Crippen molar-refractivity contribution in [3.8, 4) is 0 Å². The summed E-state index contributed by atoms with van der Waals surface area (Å²) in [5.41, 5.74) is 9.46. The summed E-state index contributed by atoms with van der Waals surface area (Å²) in [6.07, 6.45) is 0.980. The summed E-state index contributed by atoms with van der Waals surface area (Å²) in [6.45, 7) is 2.18. The minimum Gasteiger partial charge on any atom is -0.369 e. The lowest BCUT2D eigenvalue weighted by Crippen LogP contribution is -2.10. The van der Waals surface area contributed by atoms with E-state index >= 15 is 0 Å². The Labute approximate surface area is 110 Å². The van der Waals surface area contributed by atoms with Gasteiger partial charge in [0.25, 0.3) is 0 Å². The molecule has 1 atom stereocenters. The molecule has 0 aliphatic carbocycles. The van der Waals surface area contributed by atoms with Crippen LogP contribution in [0.5, 0.6) is 0 Å². The molecule has 2 aromatic heterocycles. The predicted molar refractivity (Wildman–Crippen MR) is 76.9 cm³/mol. The van der Waals surface area contributed by atoms with E-state index in [2.05, 4.69) is 39.4 Å². The van der Waals surface area contributed by atoms with Gasteiger partial charge in [0.15, 0.2) is 0 Å². The summed E-state index contributed by atoms with van der Waals surface area (Å²) in [4.78, 5) is 4.41. The maximum Gasteiger partial charge on any atom is 0.201 e. The van der Waals surface area contributed by atoms with Crippen LogP contribution in [0.3, 0.4) is 0 Å². The van der Waals surface area contributed by atoms with Gasteiger partial charge in [-0.25, -0.2) is 4.98 Å². The molecule has 0 bridgehead atoms. The SMILES string of the molecule is CC(Cc1ccsc1)n1c(N)nc2ccccc21. The van der Waals surface area contributed by atoms with Crippen molar-refractivity contribution >= 4 is 28.3 Å². The van der Waals surface area contributed by atoms with Gasteiger partial charge in [-0.05, 0) is 47.9 Å². The number of para-hydroxylation sites is 2. The number of benzene rings is 1. The topological polar surface area (TPSA) is 43.8 Å². The van der Waals surface area contributed by atoms with Crippen molar-refractivity contribution in [2.24, 2.45) is 0 Å². The van der Waals surface area contributed by atoms with E-state index in [1.165, 1.54) is 5.56 Å². The lowest BCUT2D eigenvalue weighted by Gasteiger charge is -2.15. The van der Waals surface area contributed by atoms with Gasteiger partial charge in [0.1, 0.15) is 0 Å². The van der Waals surface area contributed by atoms with E-state index in [9.17, 15) is 0 Å². The molecule has 3 rings (SSSR count). The Bertz CT molecular complexity index is 655. The van der Waals surface area contributed by atoms with Crippen LogP contribution in [0.4, 0.5) is 5.95 Å². The average molecular weight is 257 g/mol. The van der Waals surface area contributed by atoms with E-state index in [1.54, 1.807) is 11.3 Å². The van der Waals surface area contributed by atoms with Gasteiger partial charge >= 0.3 is 0 Å². The Hall–Kier alpha value is -1.81. The largest absolute Gasteiger partial charge is 0.369 e. The Morgan fingerprint density at radius 2 is 2.17 bits per heavy atom. The highest BCUT2D eigenvalue weighted by Crippen LogP contribution is 2.25. The molecule has 2 N–H and O–H groups in total. The van der Waals surface area contributed by atoms with Gasteiger partial charge in [0.2, 0.25) is 5.95 Å². The van der Waals surface area contributed by atoms with Crippen LogP contribution in [0, 0.1) is 0 Å². The minimum absolute atomic E-state index is 0.312. The zero-order valence-electron chi connectivity index (χ0n) is 10.2. The first-order valence-electron chi connectivity index (χ1n) is 5.99. The van der Waals surface area contributed by atoms with Gasteiger partial charge in [0.05, 0.1) is 11.0 Å². The standard InChI is InChI=1S/C14H15N3S/c1-10(8-11-6-7-18-9-11)17-13-5-3-2-4-12(13)16-14(17)15/h2-7,9-10H,8H2,1H3,(H2,15,16). The van der Waals surface area contributed by atoms with Crippen molar-refractivity contribution < 1.29 is 0 Å². The lowest BCUT2D eigenvalue weighted by molar-refractivity contribution is 0.567. The quantitative estimate of drug-likeness (QED) is 0.780. The summed E-state index contributed by atoms with van der Waals surface area (Å²) in [7, 11) is 0. The van der Waals surface area contributed by atoms with Crippen LogP contribution >= 0.6 is 11.3 Å². The summed E-state index contributed by atoms with van der Waals surface area (Å²) in [6, 6.07) is 10.6. The predicted octanol–water partition coefficient (Wildman–Crippen LogP) is 3.48. The van der Waals surface area contributed by atoms with E-state index in [0.717, 1.165) is 17.5 Å². The second-order valence-corrected chi connectivity index (χ2v) is 5.29. The molecule has 0 spiro atoms. The number of nitrogens with two attached hydrogens (primary N) is 1. The smallest absolute Gasteiger partial charge is 0.201 e. The number of thiophene rings is 1. The second kappa shape index (κ2) is 4.46. The first-order chi connectivity index (χ1) is 8.75. The van der Waals surface area contributed by atoms with Crippen LogP contribution in [0.15, 0.2) is 41.1 Å². The maximum absolute atomic E-state index is 6.04. The number of hydrogen-bond acceptors (Lipinski definition) is 3. The lowest BCUT2D eigenvalue weighted by atomic mass is 10.1. The van der Waals surface area contributed by atoms with Crippen LogP contribution in [0.25, 0.3) is 11.0 Å². The number of anilines is 1. The van der Waals surface area contributed by atoms with Crippen LogP contribution in [-0.2, 0) is 6.42 Å². The van der Waals surface area contributed by atoms with Gasteiger partial charge in [-0.1, -0.05) is 12.1 Å². The molecule has 92 valence electrons. The molecule has 0 saturated heterocycles. The van der Waals surface area contributed by atoms with Crippen molar-refractivity contribution in [3.05, 3.63) is 46.7 Å². The van der Waals surface area contributed by atoms with Gasteiger partial charge < -0.3 is 10.3 Å². The summed E-state index contributed by atoms with van der Waals surface area (Å²) < 4.78 is 2.12. The first kappa shape index (κ1) is 11.3. The van der Waals surface area contributed by atoms with Crippen LogP contribution in [0.1, 0.15) is 18.5 Å². The van der Waals surface area contributed by atoms with Crippen molar-refractivity contribution in [2.45, 2.75) is 19.4 Å². The molecular formula is C14H15N3S. The first-order valence-corrected chi connectivity index (χ1v) is 6.93.